The number of alkyl halides is 3. The zero-order valence-corrected chi connectivity index (χ0v) is 15.8. The molecule has 1 aromatic heterocycles. The predicted octanol–water partition coefficient (Wildman–Crippen LogP) is 5.69. The van der Waals surface area contributed by atoms with Crippen LogP contribution in [0, 0.1) is 10.1 Å². The van der Waals surface area contributed by atoms with Crippen molar-refractivity contribution < 1.29 is 22.9 Å². The van der Waals surface area contributed by atoms with Crippen molar-refractivity contribution in [3.8, 4) is 11.3 Å². The van der Waals surface area contributed by atoms with E-state index in [4.69, 9.17) is 11.6 Å². The van der Waals surface area contributed by atoms with E-state index in [-0.39, 0.29) is 21.3 Å². The van der Waals surface area contributed by atoms with E-state index in [1.165, 1.54) is 36.4 Å². The van der Waals surface area contributed by atoms with Crippen LogP contribution in [0.15, 0.2) is 58.6 Å². The summed E-state index contributed by atoms with van der Waals surface area (Å²) in [5.74, 6) is 0. The fourth-order valence-corrected chi connectivity index (χ4v) is 3.30. The van der Waals surface area contributed by atoms with E-state index in [0.717, 1.165) is 12.1 Å². The Balaban J connectivity index is 2.10. The number of hydrogen-bond donors (Lipinski definition) is 0. The van der Waals surface area contributed by atoms with Gasteiger partial charge in [-0.25, -0.2) is 9.97 Å². The van der Waals surface area contributed by atoms with Crippen molar-refractivity contribution in [1.82, 2.24) is 9.97 Å². The lowest BCUT2D eigenvalue weighted by atomic mass is 10.1. The third kappa shape index (κ3) is 4.90. The summed E-state index contributed by atoms with van der Waals surface area (Å²) in [6, 6.07) is 10.4. The molecule has 29 heavy (non-hydrogen) atoms. The Morgan fingerprint density at radius 2 is 1.76 bits per heavy atom. The van der Waals surface area contributed by atoms with Gasteiger partial charge in [-0.05, 0) is 36.0 Å². The topological polar surface area (TPSA) is 86.0 Å². The Labute approximate surface area is 170 Å². The summed E-state index contributed by atoms with van der Waals surface area (Å²) in [6.07, 6.45) is -4.31. The molecule has 0 aliphatic rings. The number of nitrogens with zero attached hydrogens (tertiary/aromatic N) is 3. The number of aromatic nitrogens is 2. The number of nitro benzene ring substituents is 1. The fraction of sp³-hybridized carbons (Fsp3) is 0.0556. The van der Waals surface area contributed by atoms with Gasteiger partial charge in [0.2, 0.25) is 0 Å². The van der Waals surface area contributed by atoms with E-state index < -0.39 is 22.5 Å². The summed E-state index contributed by atoms with van der Waals surface area (Å²) in [5, 5.41) is 11.3. The SMILES string of the molecule is O=Cc1ccc(Sc2nc(-c3ccc(Cl)cc3)cc(C(F)(F)F)n2)c([N+](=O)[O-])c1. The van der Waals surface area contributed by atoms with Gasteiger partial charge in [0.1, 0.15) is 12.0 Å². The Morgan fingerprint density at radius 3 is 2.34 bits per heavy atom. The van der Waals surface area contributed by atoms with Gasteiger partial charge in [0.05, 0.1) is 15.5 Å². The maximum Gasteiger partial charge on any atom is 0.433 e. The van der Waals surface area contributed by atoms with Gasteiger partial charge in [-0.2, -0.15) is 13.2 Å². The molecule has 0 amide bonds. The van der Waals surface area contributed by atoms with Gasteiger partial charge in [0.15, 0.2) is 5.16 Å². The molecule has 0 atom stereocenters. The average Bonchev–Trinajstić information content (AvgIpc) is 2.67. The molecule has 0 saturated carbocycles. The van der Waals surface area contributed by atoms with Crippen LogP contribution in [0.5, 0.6) is 0 Å². The third-order valence-corrected chi connectivity index (χ3v) is 4.84. The largest absolute Gasteiger partial charge is 0.433 e. The highest BCUT2D eigenvalue weighted by Gasteiger charge is 2.34. The molecule has 0 spiro atoms. The summed E-state index contributed by atoms with van der Waals surface area (Å²) in [5.41, 5.74) is -1.21. The van der Waals surface area contributed by atoms with Crippen LogP contribution in [-0.4, -0.2) is 21.2 Å². The predicted molar refractivity (Wildman–Crippen MR) is 100 cm³/mol. The van der Waals surface area contributed by atoms with Crippen molar-refractivity contribution in [1.29, 1.82) is 0 Å². The molecule has 148 valence electrons. The first-order chi connectivity index (χ1) is 13.7. The minimum absolute atomic E-state index is 0.00183. The lowest BCUT2D eigenvalue weighted by Crippen LogP contribution is -2.10. The van der Waals surface area contributed by atoms with Gasteiger partial charge in [-0.15, -0.1) is 0 Å². The molecule has 3 aromatic rings. The third-order valence-electron chi connectivity index (χ3n) is 3.65. The van der Waals surface area contributed by atoms with Crippen molar-refractivity contribution in [3.63, 3.8) is 0 Å². The Hall–Kier alpha value is -2.98. The van der Waals surface area contributed by atoms with E-state index in [1.807, 2.05) is 0 Å². The maximum atomic E-state index is 13.3. The van der Waals surface area contributed by atoms with Crippen molar-refractivity contribution in [2.75, 3.05) is 0 Å². The number of hydrogen-bond acceptors (Lipinski definition) is 6. The van der Waals surface area contributed by atoms with E-state index in [9.17, 15) is 28.1 Å². The summed E-state index contributed by atoms with van der Waals surface area (Å²) < 4.78 is 39.9. The molecule has 0 saturated heterocycles. The van der Waals surface area contributed by atoms with E-state index in [1.54, 1.807) is 0 Å². The maximum absolute atomic E-state index is 13.3. The average molecular weight is 440 g/mol. The number of halogens is 4. The minimum atomic E-state index is -4.74. The van der Waals surface area contributed by atoms with Crippen molar-refractivity contribution in [2.45, 2.75) is 16.2 Å². The van der Waals surface area contributed by atoms with Crippen molar-refractivity contribution in [3.05, 3.63) is 74.9 Å². The van der Waals surface area contributed by atoms with Crippen molar-refractivity contribution in [2.24, 2.45) is 0 Å². The highest BCUT2D eigenvalue weighted by atomic mass is 35.5. The van der Waals surface area contributed by atoms with Crippen LogP contribution < -0.4 is 0 Å². The van der Waals surface area contributed by atoms with E-state index in [0.29, 0.717) is 28.6 Å². The first-order valence-electron chi connectivity index (χ1n) is 7.81. The first kappa shape index (κ1) is 20.7. The summed E-state index contributed by atoms with van der Waals surface area (Å²) in [4.78, 5) is 29.0. The van der Waals surface area contributed by atoms with Crippen LogP contribution in [0.2, 0.25) is 5.02 Å². The lowest BCUT2D eigenvalue weighted by Gasteiger charge is -2.11. The smallest absolute Gasteiger partial charge is 0.298 e. The Morgan fingerprint density at radius 1 is 1.07 bits per heavy atom. The quantitative estimate of drug-likeness (QED) is 0.220. The molecule has 0 bridgehead atoms. The van der Waals surface area contributed by atoms with E-state index >= 15 is 0 Å². The van der Waals surface area contributed by atoms with Gasteiger partial charge in [-0.1, -0.05) is 29.8 Å². The molecule has 0 unspecified atom stereocenters. The van der Waals surface area contributed by atoms with Crippen LogP contribution >= 0.6 is 23.4 Å². The molecule has 0 N–H and O–H groups in total. The summed E-state index contributed by atoms with van der Waals surface area (Å²) in [7, 11) is 0. The molecular weight excluding hydrogens is 431 g/mol. The summed E-state index contributed by atoms with van der Waals surface area (Å²) >= 11 is 6.41. The number of nitro groups is 1. The molecule has 0 fully saturated rings. The highest BCUT2D eigenvalue weighted by molar-refractivity contribution is 7.99. The minimum Gasteiger partial charge on any atom is -0.298 e. The summed E-state index contributed by atoms with van der Waals surface area (Å²) in [6.45, 7) is 0. The Kier molecular flexibility index (Phi) is 5.85. The fourth-order valence-electron chi connectivity index (χ4n) is 2.32. The van der Waals surface area contributed by atoms with Crippen LogP contribution in [0.1, 0.15) is 16.1 Å². The zero-order chi connectivity index (χ0) is 21.2. The number of benzene rings is 2. The second kappa shape index (κ2) is 8.18. The molecule has 3 rings (SSSR count). The number of carbonyl (C=O) groups excluding carboxylic acids is 1. The van der Waals surface area contributed by atoms with Crippen molar-refractivity contribution >= 4 is 35.3 Å². The molecular formula is C18H9ClF3N3O3S. The first-order valence-corrected chi connectivity index (χ1v) is 9.00. The Bertz CT molecular complexity index is 1090. The standard InChI is InChI=1S/C18H9ClF3N3O3S/c19-12-4-2-11(3-5-12)13-8-16(18(20,21)22)24-17(23-13)29-15-6-1-10(9-26)7-14(15)25(27)28/h1-9H. The normalized spacial score (nSPS) is 11.3. The molecule has 0 aliphatic carbocycles. The van der Waals surface area contributed by atoms with Crippen LogP contribution in [0.3, 0.4) is 0 Å². The van der Waals surface area contributed by atoms with Crippen LogP contribution in [-0.2, 0) is 6.18 Å². The van der Waals surface area contributed by atoms with Gasteiger partial charge in [0.25, 0.3) is 5.69 Å². The van der Waals surface area contributed by atoms with Gasteiger partial charge >= 0.3 is 6.18 Å². The molecule has 11 heteroatoms. The monoisotopic (exact) mass is 439 g/mol. The van der Waals surface area contributed by atoms with Gasteiger partial charge in [-0.3, -0.25) is 14.9 Å². The van der Waals surface area contributed by atoms with Crippen LogP contribution in [0.25, 0.3) is 11.3 Å². The zero-order valence-electron chi connectivity index (χ0n) is 14.2. The number of aldehydes is 1. The van der Waals surface area contributed by atoms with Gasteiger partial charge < -0.3 is 0 Å². The second-order valence-corrected chi connectivity index (χ2v) is 7.08. The van der Waals surface area contributed by atoms with Gasteiger partial charge in [0, 0.05) is 22.2 Å². The van der Waals surface area contributed by atoms with E-state index in [2.05, 4.69) is 9.97 Å². The second-order valence-electron chi connectivity index (χ2n) is 5.63. The molecule has 1 heterocycles. The number of rotatable bonds is 5. The molecule has 0 radical (unpaired) electrons. The highest BCUT2D eigenvalue weighted by Crippen LogP contribution is 2.37. The molecule has 2 aromatic carbocycles. The molecule has 0 aliphatic heterocycles. The van der Waals surface area contributed by atoms with Crippen LogP contribution in [0.4, 0.5) is 18.9 Å². The lowest BCUT2D eigenvalue weighted by molar-refractivity contribution is -0.387. The molecule has 6 nitrogen and oxygen atoms in total. The number of carbonyl (C=O) groups is 1.